The van der Waals surface area contributed by atoms with Gasteiger partial charge in [0.2, 0.25) is 5.91 Å². The topological polar surface area (TPSA) is 110 Å². The summed E-state index contributed by atoms with van der Waals surface area (Å²) in [6.07, 6.45) is 1.59. The van der Waals surface area contributed by atoms with Gasteiger partial charge < -0.3 is 15.2 Å². The fraction of sp³-hybridized carbons (Fsp3) is 0.0400. The number of anilines is 1. The van der Waals surface area contributed by atoms with Gasteiger partial charge in [0.15, 0.2) is 12.4 Å². The Morgan fingerprint density at radius 1 is 0.750 bits per heavy atom. The van der Waals surface area contributed by atoms with Crippen LogP contribution in [0.2, 0.25) is 0 Å². The molecule has 0 aliphatic carbocycles. The Bertz CT molecular complexity index is 1150. The first kappa shape index (κ1) is 22.2. The van der Waals surface area contributed by atoms with Gasteiger partial charge in [0.25, 0.3) is 0 Å². The number of carbonyl (C=O) groups is 4. The first-order valence-corrected chi connectivity index (χ1v) is 9.60. The standard InChI is InChI=1S/C25H19NO6/c27-22(19-8-6-18(7-9-19)17-4-2-1-3-5-17)16-32-25(31)20-10-12-21(13-11-20)26-23(28)14-15-24(29)30/h1-15H,16H2,(H,26,28)(H,29,30)/b15-14+. The minimum Gasteiger partial charge on any atom is -0.478 e. The van der Waals surface area contributed by atoms with E-state index in [4.69, 9.17) is 9.84 Å². The Morgan fingerprint density at radius 2 is 1.34 bits per heavy atom. The lowest BCUT2D eigenvalue weighted by Crippen LogP contribution is -2.14. The highest BCUT2D eigenvalue weighted by molar-refractivity contribution is 6.03. The van der Waals surface area contributed by atoms with Gasteiger partial charge in [-0.2, -0.15) is 0 Å². The first-order chi connectivity index (χ1) is 15.4. The molecule has 3 rings (SSSR count). The largest absolute Gasteiger partial charge is 0.478 e. The van der Waals surface area contributed by atoms with Crippen molar-refractivity contribution in [1.82, 2.24) is 0 Å². The van der Waals surface area contributed by atoms with Gasteiger partial charge in [-0.3, -0.25) is 9.59 Å². The van der Waals surface area contributed by atoms with E-state index in [1.165, 1.54) is 24.3 Å². The van der Waals surface area contributed by atoms with Crippen LogP contribution in [-0.4, -0.2) is 35.3 Å². The van der Waals surface area contributed by atoms with Gasteiger partial charge in [0, 0.05) is 23.4 Å². The molecule has 2 N–H and O–H groups in total. The number of benzene rings is 3. The number of esters is 1. The Hall–Kier alpha value is -4.52. The Labute approximate surface area is 184 Å². The van der Waals surface area contributed by atoms with Crippen LogP contribution < -0.4 is 5.32 Å². The van der Waals surface area contributed by atoms with Crippen molar-refractivity contribution in [3.63, 3.8) is 0 Å². The molecule has 3 aromatic rings. The van der Waals surface area contributed by atoms with Crippen LogP contribution >= 0.6 is 0 Å². The van der Waals surface area contributed by atoms with Gasteiger partial charge in [-0.25, -0.2) is 9.59 Å². The Kier molecular flexibility index (Phi) is 7.27. The lowest BCUT2D eigenvalue weighted by molar-refractivity contribution is -0.131. The van der Waals surface area contributed by atoms with Crippen LogP contribution in [0.3, 0.4) is 0 Å². The van der Waals surface area contributed by atoms with Crippen molar-refractivity contribution in [2.24, 2.45) is 0 Å². The molecular weight excluding hydrogens is 410 g/mol. The summed E-state index contributed by atoms with van der Waals surface area (Å²) in [5, 5.41) is 11.0. The van der Waals surface area contributed by atoms with E-state index in [1.807, 2.05) is 42.5 Å². The SMILES string of the molecule is O=C(O)/C=C/C(=O)Nc1ccc(C(=O)OCC(=O)c2ccc(-c3ccccc3)cc2)cc1. The molecule has 0 fully saturated rings. The summed E-state index contributed by atoms with van der Waals surface area (Å²) in [5.74, 6) is -2.86. The zero-order valence-corrected chi connectivity index (χ0v) is 16.9. The minimum absolute atomic E-state index is 0.205. The predicted octanol–water partition coefficient (Wildman–Crippen LogP) is 3.97. The third-order valence-electron chi connectivity index (χ3n) is 4.41. The molecule has 3 aromatic carbocycles. The molecule has 32 heavy (non-hydrogen) atoms. The highest BCUT2D eigenvalue weighted by Crippen LogP contribution is 2.19. The number of aliphatic carboxylic acids is 1. The van der Waals surface area contributed by atoms with Gasteiger partial charge in [-0.1, -0.05) is 54.6 Å². The maximum atomic E-state index is 12.3. The van der Waals surface area contributed by atoms with E-state index >= 15 is 0 Å². The molecule has 7 heteroatoms. The smallest absolute Gasteiger partial charge is 0.338 e. The van der Waals surface area contributed by atoms with Crippen LogP contribution in [0.5, 0.6) is 0 Å². The van der Waals surface area contributed by atoms with Crippen molar-refractivity contribution in [3.05, 3.63) is 102 Å². The lowest BCUT2D eigenvalue weighted by atomic mass is 10.0. The molecule has 0 radical (unpaired) electrons. The molecule has 0 bridgehead atoms. The minimum atomic E-state index is -1.24. The van der Waals surface area contributed by atoms with Crippen molar-refractivity contribution < 1.29 is 29.0 Å². The van der Waals surface area contributed by atoms with Crippen LogP contribution in [0, 0.1) is 0 Å². The number of rotatable bonds is 8. The first-order valence-electron chi connectivity index (χ1n) is 9.60. The average molecular weight is 429 g/mol. The molecule has 160 valence electrons. The van der Waals surface area contributed by atoms with Crippen LogP contribution in [-0.2, 0) is 14.3 Å². The summed E-state index contributed by atoms with van der Waals surface area (Å²) < 4.78 is 5.09. The van der Waals surface area contributed by atoms with E-state index in [1.54, 1.807) is 12.1 Å². The zero-order valence-electron chi connectivity index (χ0n) is 16.9. The monoisotopic (exact) mass is 429 g/mol. The van der Waals surface area contributed by atoms with E-state index in [2.05, 4.69) is 5.32 Å². The van der Waals surface area contributed by atoms with Crippen LogP contribution in [0.15, 0.2) is 91.0 Å². The molecule has 0 aromatic heterocycles. The van der Waals surface area contributed by atoms with E-state index in [0.29, 0.717) is 17.3 Å². The summed E-state index contributed by atoms with van der Waals surface area (Å²) >= 11 is 0. The van der Waals surface area contributed by atoms with Crippen LogP contribution in [0.25, 0.3) is 11.1 Å². The summed E-state index contributed by atoms with van der Waals surface area (Å²) in [6.45, 7) is -0.401. The molecule has 0 aliphatic rings. The predicted molar refractivity (Wildman–Crippen MR) is 118 cm³/mol. The second-order valence-electron chi connectivity index (χ2n) is 6.68. The van der Waals surface area contributed by atoms with E-state index in [0.717, 1.165) is 17.2 Å². The number of carboxylic acid groups (broad SMARTS) is 1. The average Bonchev–Trinajstić information content (AvgIpc) is 2.82. The number of Topliss-reactive ketones (excluding diaryl/α,β-unsaturated/α-hetero) is 1. The third kappa shape index (κ3) is 6.24. The number of nitrogens with one attached hydrogen (secondary N) is 1. The fourth-order valence-corrected chi connectivity index (χ4v) is 2.80. The van der Waals surface area contributed by atoms with Crippen molar-refractivity contribution in [2.45, 2.75) is 0 Å². The van der Waals surface area contributed by atoms with E-state index < -0.39 is 24.5 Å². The quantitative estimate of drug-likeness (QED) is 0.319. The number of hydrogen-bond acceptors (Lipinski definition) is 5. The van der Waals surface area contributed by atoms with Crippen molar-refractivity contribution in [3.8, 4) is 11.1 Å². The maximum Gasteiger partial charge on any atom is 0.338 e. The summed E-state index contributed by atoms with van der Waals surface area (Å²) in [4.78, 5) is 46.5. The molecule has 7 nitrogen and oxygen atoms in total. The van der Waals surface area contributed by atoms with Crippen LogP contribution in [0.1, 0.15) is 20.7 Å². The Balaban J connectivity index is 1.53. The summed E-state index contributed by atoms with van der Waals surface area (Å²) in [7, 11) is 0. The molecule has 0 aliphatic heterocycles. The molecule has 0 heterocycles. The number of carboxylic acids is 1. The number of hydrogen-bond donors (Lipinski definition) is 2. The molecule has 0 atom stereocenters. The zero-order chi connectivity index (χ0) is 22.9. The molecule has 0 saturated carbocycles. The molecule has 0 spiro atoms. The Morgan fingerprint density at radius 3 is 1.97 bits per heavy atom. The van der Waals surface area contributed by atoms with Crippen molar-refractivity contribution >= 4 is 29.3 Å². The maximum absolute atomic E-state index is 12.3. The van der Waals surface area contributed by atoms with Crippen molar-refractivity contribution in [1.29, 1.82) is 0 Å². The molecular formula is C25H19NO6. The number of ether oxygens (including phenoxy) is 1. The number of ketones is 1. The van der Waals surface area contributed by atoms with E-state index in [-0.39, 0.29) is 11.3 Å². The molecule has 0 saturated heterocycles. The van der Waals surface area contributed by atoms with E-state index in [9.17, 15) is 19.2 Å². The highest BCUT2D eigenvalue weighted by atomic mass is 16.5. The second-order valence-corrected chi connectivity index (χ2v) is 6.68. The third-order valence-corrected chi connectivity index (χ3v) is 4.41. The molecule has 1 amide bonds. The number of amides is 1. The number of carbonyl (C=O) groups excluding carboxylic acids is 3. The lowest BCUT2D eigenvalue weighted by Gasteiger charge is -2.07. The van der Waals surface area contributed by atoms with Crippen molar-refractivity contribution in [2.75, 3.05) is 11.9 Å². The molecule has 0 unspecified atom stereocenters. The van der Waals surface area contributed by atoms with Crippen LogP contribution in [0.4, 0.5) is 5.69 Å². The highest BCUT2D eigenvalue weighted by Gasteiger charge is 2.12. The van der Waals surface area contributed by atoms with Gasteiger partial charge >= 0.3 is 11.9 Å². The van der Waals surface area contributed by atoms with Gasteiger partial charge in [-0.05, 0) is 35.4 Å². The summed E-state index contributed by atoms with van der Waals surface area (Å²) in [6, 6.07) is 22.6. The van der Waals surface area contributed by atoms with Gasteiger partial charge in [-0.15, -0.1) is 0 Å². The van der Waals surface area contributed by atoms with Gasteiger partial charge in [0.05, 0.1) is 5.56 Å². The summed E-state index contributed by atoms with van der Waals surface area (Å²) in [5.41, 5.74) is 3.03. The fourth-order valence-electron chi connectivity index (χ4n) is 2.80. The second kappa shape index (κ2) is 10.5. The van der Waals surface area contributed by atoms with Gasteiger partial charge in [0.1, 0.15) is 0 Å². The normalized spacial score (nSPS) is 10.5.